The van der Waals surface area contributed by atoms with Gasteiger partial charge in [-0.15, -0.1) is 0 Å². The number of hydrogen-bond acceptors (Lipinski definition) is 6. The van der Waals surface area contributed by atoms with Crippen molar-refractivity contribution in [2.45, 2.75) is 51.2 Å². The monoisotopic (exact) mass is 519 g/mol. The number of rotatable bonds is 6. The van der Waals surface area contributed by atoms with Crippen molar-refractivity contribution < 1.29 is 9.59 Å². The van der Waals surface area contributed by atoms with Crippen molar-refractivity contribution >= 4 is 41.0 Å². The summed E-state index contributed by atoms with van der Waals surface area (Å²) in [5, 5.41) is 7.09. The minimum atomic E-state index is -0.456. The highest BCUT2D eigenvalue weighted by Gasteiger charge is 2.31. The SMILES string of the molecule is Cc1c(NCc2ccc(Cl)c(Cl)c2)ncnc1C(=O)N1CCC(N2CCC(NC(N)=O)CC2)CC1. The molecule has 2 aliphatic heterocycles. The number of carbonyl (C=O) groups excluding carboxylic acids is 2. The lowest BCUT2D eigenvalue weighted by molar-refractivity contribution is 0.0568. The van der Waals surface area contributed by atoms with Gasteiger partial charge in [-0.1, -0.05) is 29.3 Å². The van der Waals surface area contributed by atoms with Gasteiger partial charge in [0.2, 0.25) is 0 Å². The number of nitrogens with one attached hydrogen (secondary N) is 2. The molecule has 2 aliphatic rings. The zero-order valence-electron chi connectivity index (χ0n) is 19.8. The van der Waals surface area contributed by atoms with E-state index in [1.165, 1.54) is 6.33 Å². The number of benzene rings is 1. The third kappa shape index (κ3) is 6.34. The number of nitrogens with zero attached hydrogens (tertiary/aromatic N) is 4. The van der Waals surface area contributed by atoms with Crippen molar-refractivity contribution in [2.75, 3.05) is 31.5 Å². The van der Waals surface area contributed by atoms with E-state index in [0.29, 0.717) is 47.2 Å². The van der Waals surface area contributed by atoms with Gasteiger partial charge >= 0.3 is 6.03 Å². The Bertz CT molecular complexity index is 1070. The van der Waals surface area contributed by atoms with Crippen molar-refractivity contribution in [3.8, 4) is 0 Å². The fraction of sp³-hybridized carbons (Fsp3) is 0.500. The van der Waals surface area contributed by atoms with E-state index in [2.05, 4.69) is 25.5 Å². The van der Waals surface area contributed by atoms with Gasteiger partial charge in [-0.2, -0.15) is 0 Å². The van der Waals surface area contributed by atoms with Crippen LogP contribution in [0.4, 0.5) is 10.6 Å². The predicted octanol–water partition coefficient (Wildman–Crippen LogP) is 3.44. The molecule has 0 aliphatic carbocycles. The lowest BCUT2D eigenvalue weighted by Crippen LogP contribution is -2.52. The second-order valence-electron chi connectivity index (χ2n) is 9.14. The van der Waals surface area contributed by atoms with Crippen molar-refractivity contribution in [1.29, 1.82) is 0 Å². The maximum atomic E-state index is 13.3. The average Bonchev–Trinajstić information content (AvgIpc) is 2.85. The molecule has 0 saturated carbocycles. The Morgan fingerprint density at radius 2 is 1.77 bits per heavy atom. The van der Waals surface area contributed by atoms with Crippen LogP contribution in [-0.4, -0.2) is 70.0 Å². The summed E-state index contributed by atoms with van der Waals surface area (Å²) in [6.07, 6.45) is 5.08. The number of aromatic nitrogens is 2. The molecule has 2 saturated heterocycles. The summed E-state index contributed by atoms with van der Waals surface area (Å²) in [6.45, 7) is 5.61. The van der Waals surface area contributed by atoms with Gasteiger partial charge in [0, 0.05) is 50.4 Å². The molecule has 188 valence electrons. The molecular formula is C24H31Cl2N7O2. The second kappa shape index (κ2) is 11.4. The van der Waals surface area contributed by atoms with Gasteiger partial charge in [-0.05, 0) is 50.3 Å². The lowest BCUT2D eigenvalue weighted by Gasteiger charge is -2.41. The number of likely N-dealkylation sites (tertiary alicyclic amines) is 2. The first-order chi connectivity index (χ1) is 16.8. The van der Waals surface area contributed by atoms with Crippen LogP contribution in [-0.2, 0) is 6.54 Å². The molecule has 11 heteroatoms. The van der Waals surface area contributed by atoms with E-state index in [9.17, 15) is 9.59 Å². The van der Waals surface area contributed by atoms with Gasteiger partial charge in [0.05, 0.1) is 10.0 Å². The van der Waals surface area contributed by atoms with Crippen molar-refractivity contribution in [2.24, 2.45) is 5.73 Å². The van der Waals surface area contributed by atoms with E-state index in [-0.39, 0.29) is 11.9 Å². The number of anilines is 1. The molecular weight excluding hydrogens is 489 g/mol. The predicted molar refractivity (Wildman–Crippen MR) is 137 cm³/mol. The fourth-order valence-corrected chi connectivity index (χ4v) is 5.19. The van der Waals surface area contributed by atoms with Crippen LogP contribution in [0.5, 0.6) is 0 Å². The number of piperidine rings is 2. The van der Waals surface area contributed by atoms with E-state index in [1.54, 1.807) is 12.1 Å². The quantitative estimate of drug-likeness (QED) is 0.538. The van der Waals surface area contributed by atoms with Crippen molar-refractivity contribution in [1.82, 2.24) is 25.1 Å². The van der Waals surface area contributed by atoms with Gasteiger partial charge < -0.3 is 26.2 Å². The average molecular weight is 520 g/mol. The summed E-state index contributed by atoms with van der Waals surface area (Å²) >= 11 is 12.1. The van der Waals surface area contributed by atoms with Gasteiger partial charge in [0.15, 0.2) is 0 Å². The fourth-order valence-electron chi connectivity index (χ4n) is 4.87. The zero-order chi connectivity index (χ0) is 24.9. The molecule has 0 bridgehead atoms. The Kier molecular flexibility index (Phi) is 8.30. The number of primary amides is 1. The third-order valence-corrected chi connectivity index (χ3v) is 7.61. The van der Waals surface area contributed by atoms with E-state index in [0.717, 1.165) is 49.9 Å². The van der Waals surface area contributed by atoms with Crippen molar-refractivity contribution in [3.05, 3.63) is 51.4 Å². The van der Waals surface area contributed by atoms with Crippen LogP contribution in [0.3, 0.4) is 0 Å². The first-order valence-corrected chi connectivity index (χ1v) is 12.7. The largest absolute Gasteiger partial charge is 0.366 e. The van der Waals surface area contributed by atoms with Gasteiger partial charge in [0.25, 0.3) is 5.91 Å². The molecule has 0 spiro atoms. The van der Waals surface area contributed by atoms with Crippen LogP contribution in [0.25, 0.3) is 0 Å². The smallest absolute Gasteiger partial charge is 0.312 e. The van der Waals surface area contributed by atoms with E-state index in [1.807, 2.05) is 17.9 Å². The van der Waals surface area contributed by atoms with Gasteiger partial charge in [-0.25, -0.2) is 14.8 Å². The molecule has 4 rings (SSSR count). The molecule has 35 heavy (non-hydrogen) atoms. The standard InChI is InChI=1S/C24H31Cl2N7O2/c1-15-21(29-14-30-22(15)28-13-16-2-3-19(25)20(26)12-16)23(34)33-10-6-18(7-11-33)32-8-4-17(5-9-32)31-24(27)35/h2-3,12,14,17-18H,4-11,13H2,1H3,(H3,27,31,35)(H,28,29,30). The summed E-state index contributed by atoms with van der Waals surface area (Å²) in [7, 11) is 0. The van der Waals surface area contributed by atoms with Crippen LogP contribution in [0.15, 0.2) is 24.5 Å². The molecule has 2 fully saturated rings. The lowest BCUT2D eigenvalue weighted by atomic mass is 9.97. The van der Waals surface area contributed by atoms with E-state index >= 15 is 0 Å². The topological polar surface area (TPSA) is 116 Å². The Labute approximate surface area is 215 Å². The highest BCUT2D eigenvalue weighted by atomic mass is 35.5. The van der Waals surface area contributed by atoms with Crippen LogP contribution < -0.4 is 16.4 Å². The Balaban J connectivity index is 1.31. The highest BCUT2D eigenvalue weighted by Crippen LogP contribution is 2.25. The van der Waals surface area contributed by atoms with E-state index in [4.69, 9.17) is 28.9 Å². The first-order valence-electron chi connectivity index (χ1n) is 11.9. The maximum absolute atomic E-state index is 13.3. The maximum Gasteiger partial charge on any atom is 0.312 e. The first kappa shape index (κ1) is 25.5. The molecule has 2 aromatic rings. The molecule has 1 aromatic carbocycles. The Morgan fingerprint density at radius 3 is 2.43 bits per heavy atom. The minimum Gasteiger partial charge on any atom is -0.366 e. The number of carbonyl (C=O) groups is 2. The molecule has 0 radical (unpaired) electrons. The Morgan fingerprint density at radius 1 is 1.06 bits per heavy atom. The molecule has 1 aromatic heterocycles. The van der Waals surface area contributed by atoms with Crippen LogP contribution >= 0.6 is 23.2 Å². The number of amides is 3. The molecule has 0 atom stereocenters. The van der Waals surface area contributed by atoms with Crippen LogP contribution in [0, 0.1) is 6.92 Å². The summed E-state index contributed by atoms with van der Waals surface area (Å²) in [5.74, 6) is 0.557. The number of halogens is 2. The summed E-state index contributed by atoms with van der Waals surface area (Å²) in [4.78, 5) is 37.3. The number of urea groups is 1. The molecule has 3 amide bonds. The molecule has 9 nitrogen and oxygen atoms in total. The molecule has 3 heterocycles. The third-order valence-electron chi connectivity index (χ3n) is 6.87. The molecule has 0 unspecified atom stereocenters. The van der Waals surface area contributed by atoms with E-state index < -0.39 is 6.03 Å². The zero-order valence-corrected chi connectivity index (χ0v) is 21.3. The van der Waals surface area contributed by atoms with Crippen LogP contribution in [0.1, 0.15) is 47.3 Å². The summed E-state index contributed by atoms with van der Waals surface area (Å²) < 4.78 is 0. The summed E-state index contributed by atoms with van der Waals surface area (Å²) in [6, 6.07) is 5.61. The van der Waals surface area contributed by atoms with Gasteiger partial charge in [0.1, 0.15) is 17.8 Å². The number of nitrogens with two attached hydrogens (primary N) is 1. The normalized spacial score (nSPS) is 17.9. The van der Waals surface area contributed by atoms with Gasteiger partial charge in [-0.3, -0.25) is 4.79 Å². The number of hydrogen-bond donors (Lipinski definition) is 3. The van der Waals surface area contributed by atoms with Crippen molar-refractivity contribution in [3.63, 3.8) is 0 Å². The minimum absolute atomic E-state index is 0.0645. The molecule has 4 N–H and O–H groups in total. The summed E-state index contributed by atoms with van der Waals surface area (Å²) in [5.41, 5.74) is 7.35. The van der Waals surface area contributed by atoms with Crippen LogP contribution in [0.2, 0.25) is 10.0 Å². The highest BCUT2D eigenvalue weighted by molar-refractivity contribution is 6.42. The Hall–Kier alpha value is -2.62. The second-order valence-corrected chi connectivity index (χ2v) is 9.95.